The van der Waals surface area contributed by atoms with E-state index >= 15 is 0 Å². The largest absolute Gasteiger partial charge is 0.468 e. The molecule has 1 aliphatic heterocycles. The average Bonchev–Trinajstić information content (AvgIpc) is 2.83. The zero-order chi connectivity index (χ0) is 25.3. The van der Waals surface area contributed by atoms with Gasteiger partial charge < -0.3 is 14.8 Å². The third-order valence-electron chi connectivity index (χ3n) is 6.66. The number of benzene rings is 2. The van der Waals surface area contributed by atoms with Crippen LogP contribution >= 0.6 is 0 Å². The van der Waals surface area contributed by atoms with Crippen molar-refractivity contribution in [3.8, 4) is 11.1 Å². The van der Waals surface area contributed by atoms with Gasteiger partial charge in [-0.25, -0.2) is 4.79 Å². The van der Waals surface area contributed by atoms with Gasteiger partial charge in [-0.3, -0.25) is 9.59 Å². The number of methoxy groups -OCH3 is 1. The number of hydrogen-bond acceptors (Lipinski definition) is 6. The van der Waals surface area contributed by atoms with Crippen LogP contribution in [-0.2, 0) is 23.9 Å². The van der Waals surface area contributed by atoms with Crippen molar-refractivity contribution < 1.29 is 23.9 Å². The Hall–Kier alpha value is -3.67. The lowest BCUT2D eigenvalue weighted by Crippen LogP contribution is -2.43. The van der Waals surface area contributed by atoms with E-state index in [1.54, 1.807) is 13.8 Å². The van der Waals surface area contributed by atoms with E-state index < -0.39 is 23.8 Å². The molecule has 1 N–H and O–H groups in total. The Morgan fingerprint density at radius 3 is 2.23 bits per heavy atom. The number of nitrogens with one attached hydrogen (secondary N) is 1. The molecule has 0 fully saturated rings. The van der Waals surface area contributed by atoms with Crippen LogP contribution in [0.25, 0.3) is 11.1 Å². The fraction of sp³-hybridized carbons (Fsp3) is 0.345. The number of carbonyl (C=O) groups is 3. The molecule has 6 heteroatoms. The number of allylic oxidation sites excluding steroid dienone is 3. The van der Waals surface area contributed by atoms with Crippen molar-refractivity contribution in [3.05, 3.63) is 82.7 Å². The van der Waals surface area contributed by atoms with Crippen molar-refractivity contribution in [1.29, 1.82) is 0 Å². The molecule has 0 spiro atoms. The molecule has 0 unspecified atom stereocenters. The molecule has 3 atom stereocenters. The minimum atomic E-state index is -0.910. The highest BCUT2D eigenvalue weighted by Gasteiger charge is 2.47. The van der Waals surface area contributed by atoms with Crippen LogP contribution in [0.4, 0.5) is 0 Å². The van der Waals surface area contributed by atoms with E-state index in [4.69, 9.17) is 9.47 Å². The molecule has 2 aromatic carbocycles. The van der Waals surface area contributed by atoms with Crippen molar-refractivity contribution in [2.24, 2.45) is 11.8 Å². The summed E-state index contributed by atoms with van der Waals surface area (Å²) in [5.74, 6) is -3.11. The Balaban J connectivity index is 1.84. The van der Waals surface area contributed by atoms with E-state index in [9.17, 15) is 14.4 Å². The maximum atomic E-state index is 13.8. The van der Waals surface area contributed by atoms with Crippen LogP contribution in [0.3, 0.4) is 0 Å². The van der Waals surface area contributed by atoms with Crippen molar-refractivity contribution >= 4 is 17.7 Å². The molecule has 2 aliphatic rings. The summed E-state index contributed by atoms with van der Waals surface area (Å²) < 4.78 is 10.5. The Kier molecular flexibility index (Phi) is 6.92. The summed E-state index contributed by atoms with van der Waals surface area (Å²) in [6.07, 6.45) is 0.188. The maximum absolute atomic E-state index is 13.8. The van der Waals surface area contributed by atoms with Crippen molar-refractivity contribution in [3.63, 3.8) is 0 Å². The zero-order valence-electron chi connectivity index (χ0n) is 20.8. The second-order valence-corrected chi connectivity index (χ2v) is 9.48. The predicted molar refractivity (Wildman–Crippen MR) is 133 cm³/mol. The first kappa shape index (κ1) is 24.5. The molecule has 0 bridgehead atoms. The summed E-state index contributed by atoms with van der Waals surface area (Å²) in [5, 5.41) is 3.28. The van der Waals surface area contributed by atoms with Crippen LogP contribution in [0, 0.1) is 11.8 Å². The van der Waals surface area contributed by atoms with Crippen LogP contribution < -0.4 is 5.32 Å². The molecular formula is C29H31NO5. The van der Waals surface area contributed by atoms with Crippen LogP contribution in [0.15, 0.2) is 77.1 Å². The Bertz CT molecular complexity index is 1210. The third-order valence-corrected chi connectivity index (χ3v) is 6.66. The Morgan fingerprint density at radius 2 is 1.63 bits per heavy atom. The summed E-state index contributed by atoms with van der Waals surface area (Å²) in [5.41, 5.74) is 5.12. The van der Waals surface area contributed by atoms with E-state index in [1.807, 2.05) is 68.4 Å². The van der Waals surface area contributed by atoms with Crippen LogP contribution in [0.5, 0.6) is 0 Å². The van der Waals surface area contributed by atoms with Crippen molar-refractivity contribution in [1.82, 2.24) is 5.32 Å². The highest BCUT2D eigenvalue weighted by Crippen LogP contribution is 2.45. The second-order valence-electron chi connectivity index (χ2n) is 9.48. The summed E-state index contributed by atoms with van der Waals surface area (Å²) >= 11 is 0. The second kappa shape index (κ2) is 9.90. The predicted octanol–water partition coefficient (Wildman–Crippen LogP) is 4.92. The lowest BCUT2D eigenvalue weighted by molar-refractivity contribution is -0.151. The van der Waals surface area contributed by atoms with E-state index in [0.29, 0.717) is 23.3 Å². The lowest BCUT2D eigenvalue weighted by Gasteiger charge is -2.38. The molecule has 35 heavy (non-hydrogen) atoms. The maximum Gasteiger partial charge on any atom is 0.337 e. The van der Waals surface area contributed by atoms with Crippen LogP contribution in [0.1, 0.15) is 45.6 Å². The summed E-state index contributed by atoms with van der Waals surface area (Å²) in [6, 6.07) is 17.8. The molecule has 0 amide bonds. The van der Waals surface area contributed by atoms with E-state index in [0.717, 1.165) is 22.4 Å². The molecular weight excluding hydrogens is 442 g/mol. The average molecular weight is 474 g/mol. The number of esters is 2. The number of ether oxygens (including phenoxy) is 2. The van der Waals surface area contributed by atoms with Gasteiger partial charge in [0.2, 0.25) is 0 Å². The fourth-order valence-corrected chi connectivity index (χ4v) is 5.06. The number of ketones is 1. The molecule has 4 rings (SSSR count). The molecule has 2 aromatic rings. The van der Waals surface area contributed by atoms with Gasteiger partial charge in [-0.05, 0) is 49.8 Å². The number of Topliss-reactive ketones (excluding diaryl/α,β-unsaturated/α-hetero) is 1. The minimum absolute atomic E-state index is 0.223. The van der Waals surface area contributed by atoms with Gasteiger partial charge >= 0.3 is 11.9 Å². The number of rotatable bonds is 5. The van der Waals surface area contributed by atoms with Crippen molar-refractivity contribution in [2.45, 2.75) is 46.1 Å². The van der Waals surface area contributed by atoms with Crippen molar-refractivity contribution in [2.75, 3.05) is 7.11 Å². The first-order chi connectivity index (χ1) is 16.7. The SMILES string of the molecule is COC(=O)[C@H]1C(=O)C2=C(C[C@@H]1C)NC(C)=C(C(=O)OC(C)C)[C@@H]2c1ccc(-c2ccccc2)cc1. The third kappa shape index (κ3) is 4.65. The van der Waals surface area contributed by atoms with Crippen LogP contribution in [-0.4, -0.2) is 30.9 Å². The van der Waals surface area contributed by atoms with Gasteiger partial charge in [0.05, 0.1) is 18.8 Å². The molecule has 0 saturated carbocycles. The number of hydrogen-bond donors (Lipinski definition) is 1. The first-order valence-corrected chi connectivity index (χ1v) is 11.9. The van der Waals surface area contributed by atoms with Gasteiger partial charge in [-0.1, -0.05) is 61.5 Å². The first-order valence-electron chi connectivity index (χ1n) is 11.9. The topological polar surface area (TPSA) is 81.7 Å². The molecule has 182 valence electrons. The molecule has 1 aliphatic carbocycles. The molecule has 6 nitrogen and oxygen atoms in total. The highest BCUT2D eigenvalue weighted by molar-refractivity contribution is 6.12. The molecule has 1 heterocycles. The summed E-state index contributed by atoms with van der Waals surface area (Å²) in [7, 11) is 1.29. The molecule has 0 aromatic heterocycles. The van der Waals surface area contributed by atoms with Gasteiger partial charge in [-0.2, -0.15) is 0 Å². The quantitative estimate of drug-likeness (QED) is 0.490. The van der Waals surface area contributed by atoms with E-state index in [2.05, 4.69) is 5.32 Å². The smallest absolute Gasteiger partial charge is 0.337 e. The standard InChI is InChI=1S/C29H31NO5/c1-16(2)35-29(33)24-18(4)30-22-15-17(3)23(28(32)34-5)27(31)26(22)25(24)21-13-11-20(12-14-21)19-9-7-6-8-10-19/h6-14,16-17,23,25,30H,15H2,1-5H3/t17-,23+,25-/m0/s1. The Morgan fingerprint density at radius 1 is 1.00 bits per heavy atom. The normalized spacial score (nSPS) is 22.0. The van der Waals surface area contributed by atoms with E-state index in [-0.39, 0.29) is 17.8 Å². The Labute approximate surface area is 206 Å². The van der Waals surface area contributed by atoms with E-state index in [1.165, 1.54) is 7.11 Å². The number of dihydropyridines is 1. The van der Waals surface area contributed by atoms with Gasteiger partial charge in [0.25, 0.3) is 0 Å². The van der Waals surface area contributed by atoms with Gasteiger partial charge in [0.15, 0.2) is 5.78 Å². The minimum Gasteiger partial charge on any atom is -0.468 e. The van der Waals surface area contributed by atoms with Crippen LogP contribution in [0.2, 0.25) is 0 Å². The zero-order valence-corrected chi connectivity index (χ0v) is 20.8. The monoisotopic (exact) mass is 473 g/mol. The lowest BCUT2D eigenvalue weighted by atomic mass is 9.69. The molecule has 0 radical (unpaired) electrons. The van der Waals surface area contributed by atoms with Gasteiger partial charge in [-0.15, -0.1) is 0 Å². The summed E-state index contributed by atoms with van der Waals surface area (Å²) in [6.45, 7) is 7.28. The molecule has 0 saturated heterocycles. The van der Waals surface area contributed by atoms with Gasteiger partial charge in [0, 0.05) is 22.9 Å². The number of carbonyl (C=O) groups excluding carboxylic acids is 3. The fourth-order valence-electron chi connectivity index (χ4n) is 5.06. The van der Waals surface area contributed by atoms with Gasteiger partial charge in [0.1, 0.15) is 5.92 Å². The highest BCUT2D eigenvalue weighted by atomic mass is 16.5. The summed E-state index contributed by atoms with van der Waals surface area (Å²) in [4.78, 5) is 39.6.